The number of sulfonamides is 1. The SMILES string of the molecule is Cn1ncc2c1-c1c(-c3ccc(F)cc3)c(C#N)c(=O)n(-c3ccc(S(N)(=O)=O)cc3)c1CC2(C)C. The van der Waals surface area contributed by atoms with Gasteiger partial charge in [0.05, 0.1) is 16.8 Å². The van der Waals surface area contributed by atoms with Crippen molar-refractivity contribution in [3.8, 4) is 34.1 Å². The first-order valence-corrected chi connectivity index (χ1v) is 12.6. The van der Waals surface area contributed by atoms with Crippen molar-refractivity contribution >= 4 is 10.0 Å². The Labute approximate surface area is 207 Å². The minimum atomic E-state index is -3.93. The normalized spacial score (nSPS) is 14.1. The maximum atomic E-state index is 13.9. The molecule has 0 bridgehead atoms. The second kappa shape index (κ2) is 7.98. The summed E-state index contributed by atoms with van der Waals surface area (Å²) < 4.78 is 40.5. The number of benzene rings is 2. The molecule has 0 aliphatic heterocycles. The van der Waals surface area contributed by atoms with Gasteiger partial charge in [-0.05, 0) is 53.8 Å². The molecule has 1 aliphatic carbocycles. The molecule has 0 fully saturated rings. The van der Waals surface area contributed by atoms with E-state index in [2.05, 4.69) is 11.2 Å². The molecule has 5 rings (SSSR count). The highest BCUT2D eigenvalue weighted by Gasteiger charge is 2.39. The maximum absolute atomic E-state index is 13.9. The van der Waals surface area contributed by atoms with Crippen molar-refractivity contribution in [1.82, 2.24) is 14.3 Å². The fourth-order valence-electron chi connectivity index (χ4n) is 4.95. The van der Waals surface area contributed by atoms with E-state index in [0.717, 1.165) is 11.3 Å². The van der Waals surface area contributed by atoms with E-state index in [4.69, 9.17) is 5.14 Å². The van der Waals surface area contributed by atoms with Crippen molar-refractivity contribution in [2.45, 2.75) is 30.6 Å². The Morgan fingerprint density at radius 3 is 2.31 bits per heavy atom. The number of nitrogens with zero attached hydrogens (tertiary/aromatic N) is 4. The minimum absolute atomic E-state index is 0.0918. The molecule has 4 aromatic rings. The predicted octanol–water partition coefficient (Wildman–Crippen LogP) is 3.40. The quantitative estimate of drug-likeness (QED) is 0.459. The molecule has 2 aromatic carbocycles. The fourth-order valence-corrected chi connectivity index (χ4v) is 5.47. The summed E-state index contributed by atoms with van der Waals surface area (Å²) in [5, 5.41) is 19.9. The molecule has 10 heteroatoms. The minimum Gasteiger partial charge on any atom is -0.279 e. The van der Waals surface area contributed by atoms with Gasteiger partial charge in [-0.3, -0.25) is 14.0 Å². The number of pyridine rings is 1. The van der Waals surface area contributed by atoms with Crippen molar-refractivity contribution in [2.75, 3.05) is 0 Å². The van der Waals surface area contributed by atoms with Crippen LogP contribution in [0.1, 0.15) is 30.7 Å². The second-order valence-corrected chi connectivity index (χ2v) is 11.0. The topological polar surface area (TPSA) is 124 Å². The van der Waals surface area contributed by atoms with Crippen LogP contribution in [0.5, 0.6) is 0 Å². The summed E-state index contributed by atoms with van der Waals surface area (Å²) in [5.41, 5.74) is 3.28. The monoisotopic (exact) mass is 503 g/mol. The Morgan fingerprint density at radius 1 is 1.08 bits per heavy atom. The van der Waals surface area contributed by atoms with Crippen molar-refractivity contribution in [1.29, 1.82) is 5.26 Å². The number of rotatable bonds is 3. The van der Waals surface area contributed by atoms with E-state index in [1.54, 1.807) is 30.1 Å². The molecular formula is C26H22FN5O3S. The highest BCUT2D eigenvalue weighted by atomic mass is 32.2. The van der Waals surface area contributed by atoms with Gasteiger partial charge in [-0.2, -0.15) is 10.4 Å². The predicted molar refractivity (Wildman–Crippen MR) is 132 cm³/mol. The number of aryl methyl sites for hydroxylation is 1. The van der Waals surface area contributed by atoms with E-state index in [9.17, 15) is 22.9 Å². The first-order valence-electron chi connectivity index (χ1n) is 11.1. The third kappa shape index (κ3) is 3.56. The van der Waals surface area contributed by atoms with Crippen LogP contribution in [0.4, 0.5) is 4.39 Å². The molecule has 0 saturated carbocycles. The number of fused-ring (bicyclic) bond motifs is 3. The van der Waals surface area contributed by atoms with Crippen molar-refractivity contribution in [3.05, 3.63) is 87.7 Å². The van der Waals surface area contributed by atoms with Crippen LogP contribution in [-0.4, -0.2) is 22.8 Å². The van der Waals surface area contributed by atoms with Crippen molar-refractivity contribution in [2.24, 2.45) is 12.2 Å². The number of aromatic nitrogens is 3. The largest absolute Gasteiger partial charge is 0.279 e. The van der Waals surface area contributed by atoms with Gasteiger partial charge < -0.3 is 0 Å². The molecule has 0 amide bonds. The number of primary sulfonamides is 1. The van der Waals surface area contributed by atoms with Gasteiger partial charge in [0.15, 0.2) is 0 Å². The first kappa shape index (κ1) is 23.7. The second-order valence-electron chi connectivity index (χ2n) is 9.46. The van der Waals surface area contributed by atoms with Crippen molar-refractivity contribution in [3.63, 3.8) is 0 Å². The van der Waals surface area contributed by atoms with E-state index in [1.165, 1.54) is 41.0 Å². The fraction of sp³-hybridized carbons (Fsp3) is 0.192. The van der Waals surface area contributed by atoms with E-state index >= 15 is 0 Å². The Morgan fingerprint density at radius 2 is 1.72 bits per heavy atom. The molecular weight excluding hydrogens is 481 g/mol. The van der Waals surface area contributed by atoms with Gasteiger partial charge in [-0.25, -0.2) is 17.9 Å². The summed E-state index contributed by atoms with van der Waals surface area (Å²) in [7, 11) is -2.13. The van der Waals surface area contributed by atoms with Crippen LogP contribution in [0.2, 0.25) is 0 Å². The summed E-state index contributed by atoms with van der Waals surface area (Å²) >= 11 is 0. The van der Waals surface area contributed by atoms with Crippen LogP contribution < -0.4 is 10.7 Å². The first-order chi connectivity index (χ1) is 16.9. The summed E-state index contributed by atoms with van der Waals surface area (Å²) in [4.78, 5) is 13.8. The van der Waals surface area contributed by atoms with Crippen LogP contribution in [0, 0.1) is 17.1 Å². The third-order valence-corrected chi connectivity index (χ3v) is 7.59. The maximum Gasteiger partial charge on any atom is 0.273 e. The lowest BCUT2D eigenvalue weighted by Gasteiger charge is -2.35. The Kier molecular flexibility index (Phi) is 5.24. The number of halogens is 1. The number of hydrogen-bond acceptors (Lipinski definition) is 5. The van der Waals surface area contributed by atoms with Crippen LogP contribution in [-0.2, 0) is 28.9 Å². The Balaban J connectivity index is 1.95. The molecule has 0 unspecified atom stereocenters. The van der Waals surface area contributed by atoms with E-state index < -0.39 is 26.8 Å². The zero-order chi connectivity index (χ0) is 26.0. The lowest BCUT2D eigenvalue weighted by atomic mass is 9.72. The van der Waals surface area contributed by atoms with Crippen LogP contribution in [0.15, 0.2) is 64.4 Å². The zero-order valence-corrected chi connectivity index (χ0v) is 20.6. The van der Waals surface area contributed by atoms with E-state index in [0.29, 0.717) is 34.5 Å². The summed E-state index contributed by atoms with van der Waals surface area (Å²) in [6.45, 7) is 4.09. The molecule has 36 heavy (non-hydrogen) atoms. The third-order valence-electron chi connectivity index (χ3n) is 6.66. The highest BCUT2D eigenvalue weighted by Crippen LogP contribution is 2.47. The zero-order valence-electron chi connectivity index (χ0n) is 19.8. The lowest BCUT2D eigenvalue weighted by molar-refractivity contribution is 0.501. The molecule has 2 aromatic heterocycles. The van der Waals surface area contributed by atoms with Gasteiger partial charge in [0.1, 0.15) is 17.4 Å². The van der Waals surface area contributed by atoms with Gasteiger partial charge >= 0.3 is 0 Å². The van der Waals surface area contributed by atoms with Gasteiger partial charge in [-0.1, -0.05) is 26.0 Å². The molecule has 2 heterocycles. The van der Waals surface area contributed by atoms with Crippen LogP contribution in [0.25, 0.3) is 28.1 Å². The average molecular weight is 504 g/mol. The number of nitriles is 1. The summed E-state index contributed by atoms with van der Waals surface area (Å²) in [6.07, 6.45) is 2.22. The smallest absolute Gasteiger partial charge is 0.273 e. The highest BCUT2D eigenvalue weighted by molar-refractivity contribution is 7.89. The van der Waals surface area contributed by atoms with Crippen LogP contribution in [0.3, 0.4) is 0 Å². The van der Waals surface area contributed by atoms with Gasteiger partial charge in [0.2, 0.25) is 10.0 Å². The standard InChI is InChI=1S/C26H22FN5O3S/c1-26(2)12-21-23(24-20(26)14-30-31(24)3)22(15-4-6-16(27)7-5-15)19(13-28)25(33)32(21)17-8-10-18(11-9-17)36(29,34)35/h4-11,14H,12H2,1-3H3,(H2,29,34,35). The van der Waals surface area contributed by atoms with Gasteiger partial charge in [0.25, 0.3) is 5.56 Å². The number of hydrogen-bond donors (Lipinski definition) is 1. The molecule has 182 valence electrons. The summed E-state index contributed by atoms with van der Waals surface area (Å²) in [5.74, 6) is -0.434. The van der Waals surface area contributed by atoms with Gasteiger partial charge in [-0.15, -0.1) is 0 Å². The summed E-state index contributed by atoms with van der Waals surface area (Å²) in [6, 6.07) is 13.4. The molecule has 0 atom stereocenters. The molecule has 0 spiro atoms. The lowest BCUT2D eigenvalue weighted by Crippen LogP contribution is -2.34. The van der Waals surface area contributed by atoms with E-state index in [-0.39, 0.29) is 10.5 Å². The van der Waals surface area contributed by atoms with Crippen molar-refractivity contribution < 1.29 is 12.8 Å². The van der Waals surface area contributed by atoms with E-state index in [1.807, 2.05) is 13.8 Å². The van der Waals surface area contributed by atoms with Gasteiger partial charge in [0, 0.05) is 35.1 Å². The number of nitrogens with two attached hydrogens (primary N) is 1. The Bertz CT molecular complexity index is 1740. The molecule has 2 N–H and O–H groups in total. The molecule has 0 radical (unpaired) electrons. The molecule has 8 nitrogen and oxygen atoms in total. The molecule has 1 aliphatic rings. The van der Waals surface area contributed by atoms with Crippen LogP contribution >= 0.6 is 0 Å². The molecule has 0 saturated heterocycles. The Hall–Kier alpha value is -4.07. The average Bonchev–Trinajstić information content (AvgIpc) is 3.21.